The minimum Gasteiger partial charge on any atom is -0.379 e. The first-order valence-electron chi connectivity index (χ1n) is 11.8. The first kappa shape index (κ1) is 27.6. The predicted octanol–water partition coefficient (Wildman–Crippen LogP) is 8.18. The highest BCUT2D eigenvalue weighted by atomic mass is 19.2. The van der Waals surface area contributed by atoms with Crippen LogP contribution in [0.1, 0.15) is 92.4 Å². The Hall–Kier alpha value is -0.440. The van der Waals surface area contributed by atoms with E-state index in [0.717, 1.165) is 37.0 Å². The van der Waals surface area contributed by atoms with Gasteiger partial charge in [-0.3, -0.25) is 0 Å². The molecule has 0 heterocycles. The summed E-state index contributed by atoms with van der Waals surface area (Å²) in [6.07, 6.45) is 7.35. The Morgan fingerprint density at radius 3 is 1.68 bits per heavy atom. The molecule has 0 radical (unpaired) electrons. The molecule has 2 fully saturated rings. The molecule has 0 aliphatic heterocycles. The lowest BCUT2D eigenvalue weighted by Gasteiger charge is -2.40. The van der Waals surface area contributed by atoms with Gasteiger partial charge in [0.1, 0.15) is 6.17 Å². The summed E-state index contributed by atoms with van der Waals surface area (Å²) in [5, 5.41) is 0. The van der Waals surface area contributed by atoms with E-state index in [4.69, 9.17) is 4.74 Å². The lowest BCUT2D eigenvalue weighted by atomic mass is 9.66. The fourth-order valence-electron chi connectivity index (χ4n) is 5.25. The molecule has 168 valence electrons. The van der Waals surface area contributed by atoms with E-state index in [1.54, 1.807) is 6.92 Å². The maximum atomic E-state index is 14.7. The average molecular weight is 403 g/mol. The number of rotatable bonds is 7. The average Bonchev–Trinajstić information content (AvgIpc) is 2.77. The first-order valence-corrected chi connectivity index (χ1v) is 11.8. The van der Waals surface area contributed by atoms with E-state index in [9.17, 15) is 8.78 Å². The van der Waals surface area contributed by atoms with Crippen molar-refractivity contribution in [3.63, 3.8) is 0 Å². The molecule has 0 spiro atoms. The summed E-state index contributed by atoms with van der Waals surface area (Å²) in [5.74, 6) is 2.84. The van der Waals surface area contributed by atoms with Gasteiger partial charge >= 0.3 is 0 Å². The number of hydrogen-bond acceptors (Lipinski definition) is 1. The molecule has 2 saturated carbocycles. The minimum atomic E-state index is -1.50. The fraction of sp³-hybridized carbons (Fsp3) is 0.920. The topological polar surface area (TPSA) is 9.23 Å². The summed E-state index contributed by atoms with van der Waals surface area (Å²) in [7, 11) is 1.46. The van der Waals surface area contributed by atoms with Crippen LogP contribution >= 0.6 is 0 Å². The van der Waals surface area contributed by atoms with Gasteiger partial charge in [-0.15, -0.1) is 13.2 Å². The lowest BCUT2D eigenvalue weighted by molar-refractivity contribution is -0.0282. The maximum absolute atomic E-state index is 14.7. The van der Waals surface area contributed by atoms with Gasteiger partial charge in [-0.2, -0.15) is 0 Å². The molecule has 0 bridgehead atoms. The molecule has 0 aromatic carbocycles. The largest absolute Gasteiger partial charge is 0.379 e. The molecule has 2 rings (SSSR count). The van der Waals surface area contributed by atoms with Crippen molar-refractivity contribution in [2.45, 2.75) is 111 Å². The van der Waals surface area contributed by atoms with Crippen LogP contribution in [0.15, 0.2) is 13.2 Å². The predicted molar refractivity (Wildman–Crippen MR) is 119 cm³/mol. The molecule has 3 heteroatoms. The van der Waals surface area contributed by atoms with E-state index >= 15 is 0 Å². The Kier molecular flexibility index (Phi) is 15.2. The van der Waals surface area contributed by atoms with Gasteiger partial charge in [-0.1, -0.05) is 47.0 Å². The van der Waals surface area contributed by atoms with Gasteiger partial charge in [-0.05, 0) is 75.0 Å². The Bertz CT molecular complexity index is 360. The normalized spacial score (nSPS) is 31.9. The van der Waals surface area contributed by atoms with Crippen LogP contribution in [-0.2, 0) is 4.74 Å². The molecule has 0 aromatic rings. The first-order chi connectivity index (χ1) is 13.5. The molecule has 2 aliphatic rings. The third kappa shape index (κ3) is 8.13. The molecule has 4 atom stereocenters. The van der Waals surface area contributed by atoms with Gasteiger partial charge in [0.05, 0.1) is 6.10 Å². The van der Waals surface area contributed by atoms with E-state index in [1.807, 2.05) is 20.8 Å². The monoisotopic (exact) mass is 402 g/mol. The molecular formula is C25H48F2O. The van der Waals surface area contributed by atoms with Crippen molar-refractivity contribution in [1.82, 2.24) is 0 Å². The van der Waals surface area contributed by atoms with Crippen molar-refractivity contribution >= 4 is 0 Å². The summed E-state index contributed by atoms with van der Waals surface area (Å²) < 4.78 is 34.0. The third-order valence-electron chi connectivity index (χ3n) is 7.15. The second-order valence-corrected chi connectivity index (χ2v) is 8.60. The van der Waals surface area contributed by atoms with Crippen LogP contribution in [0.25, 0.3) is 0 Å². The summed E-state index contributed by atoms with van der Waals surface area (Å²) in [4.78, 5) is 0. The molecule has 28 heavy (non-hydrogen) atoms. The van der Waals surface area contributed by atoms with Gasteiger partial charge in [0.15, 0.2) is 6.17 Å². The van der Waals surface area contributed by atoms with E-state index in [-0.39, 0.29) is 5.92 Å². The zero-order chi connectivity index (χ0) is 21.7. The highest BCUT2D eigenvalue weighted by molar-refractivity contribution is 4.88. The molecule has 2 aliphatic carbocycles. The lowest BCUT2D eigenvalue weighted by Crippen LogP contribution is -2.39. The number of ether oxygens (including phenoxy) is 1. The molecule has 0 N–H and O–H groups in total. The van der Waals surface area contributed by atoms with Gasteiger partial charge in [-0.25, -0.2) is 8.78 Å². The summed E-state index contributed by atoms with van der Waals surface area (Å²) in [6, 6.07) is 0. The van der Waals surface area contributed by atoms with Crippen LogP contribution in [0, 0.1) is 29.6 Å². The number of methoxy groups -OCH3 is 1. The Labute approximate surface area is 174 Å². The van der Waals surface area contributed by atoms with Gasteiger partial charge in [0.2, 0.25) is 0 Å². The van der Waals surface area contributed by atoms with E-state index < -0.39 is 18.4 Å². The zero-order valence-electron chi connectivity index (χ0n) is 19.6. The second kappa shape index (κ2) is 15.4. The van der Waals surface area contributed by atoms with Crippen LogP contribution in [0.4, 0.5) is 8.78 Å². The molecule has 4 unspecified atom stereocenters. The number of halogens is 2. The van der Waals surface area contributed by atoms with E-state index in [2.05, 4.69) is 20.1 Å². The van der Waals surface area contributed by atoms with Crippen molar-refractivity contribution in [2.75, 3.05) is 7.11 Å². The van der Waals surface area contributed by atoms with E-state index in [1.165, 1.54) is 45.6 Å². The molecule has 0 aromatic heterocycles. The Balaban J connectivity index is 0.00000171. The molecule has 0 amide bonds. The molecule has 1 nitrogen and oxygen atoms in total. The smallest absolute Gasteiger partial charge is 0.157 e. The fourth-order valence-corrected chi connectivity index (χ4v) is 5.25. The summed E-state index contributed by atoms with van der Waals surface area (Å²) in [6.45, 7) is 16.0. The second-order valence-electron chi connectivity index (χ2n) is 8.60. The SMILES string of the molecule is C=C.CC.CCC(C1CCC(C2CCC(C)CC2)CC1)C(F)C(F)C(C)OC. The van der Waals surface area contributed by atoms with Gasteiger partial charge < -0.3 is 4.74 Å². The Morgan fingerprint density at radius 1 is 0.857 bits per heavy atom. The van der Waals surface area contributed by atoms with Crippen LogP contribution in [0.3, 0.4) is 0 Å². The van der Waals surface area contributed by atoms with Gasteiger partial charge in [0, 0.05) is 7.11 Å². The maximum Gasteiger partial charge on any atom is 0.157 e. The van der Waals surface area contributed by atoms with Crippen molar-refractivity contribution < 1.29 is 13.5 Å². The van der Waals surface area contributed by atoms with Crippen LogP contribution in [0.5, 0.6) is 0 Å². The summed E-state index contributed by atoms with van der Waals surface area (Å²) in [5.41, 5.74) is 0. The highest BCUT2D eigenvalue weighted by Crippen LogP contribution is 2.44. The minimum absolute atomic E-state index is 0.148. The zero-order valence-corrected chi connectivity index (χ0v) is 19.6. The quantitative estimate of drug-likeness (QED) is 0.390. The molecular weight excluding hydrogens is 354 g/mol. The van der Waals surface area contributed by atoms with Crippen molar-refractivity contribution in [3.05, 3.63) is 13.2 Å². The van der Waals surface area contributed by atoms with Crippen molar-refractivity contribution in [2.24, 2.45) is 29.6 Å². The Morgan fingerprint density at radius 2 is 1.29 bits per heavy atom. The number of alkyl halides is 2. The van der Waals surface area contributed by atoms with Crippen molar-refractivity contribution in [3.8, 4) is 0 Å². The van der Waals surface area contributed by atoms with Crippen molar-refractivity contribution in [1.29, 1.82) is 0 Å². The van der Waals surface area contributed by atoms with Crippen LogP contribution < -0.4 is 0 Å². The highest BCUT2D eigenvalue weighted by Gasteiger charge is 2.39. The van der Waals surface area contributed by atoms with Gasteiger partial charge in [0.25, 0.3) is 0 Å². The van der Waals surface area contributed by atoms with Crippen LogP contribution in [0.2, 0.25) is 0 Å². The van der Waals surface area contributed by atoms with E-state index in [0.29, 0.717) is 5.92 Å². The summed E-state index contributed by atoms with van der Waals surface area (Å²) >= 11 is 0. The van der Waals surface area contributed by atoms with Crippen LogP contribution in [-0.4, -0.2) is 25.6 Å². The standard InChI is InChI=1S/C21H38F2O.C2H6.C2H4/c1-5-19(21(23)20(22)15(3)24-4)18-12-10-17(11-13-18)16-8-6-14(2)7-9-16;2*1-2/h14-21H,5-13H2,1-4H3;1-2H3;1-2H2. The third-order valence-corrected chi connectivity index (χ3v) is 7.15. The molecule has 0 saturated heterocycles. The number of hydrogen-bond donors (Lipinski definition) is 0.